The molecule has 1 saturated carbocycles. The molecular weight excluding hydrogens is 335 g/mol. The third-order valence-corrected chi connectivity index (χ3v) is 6.06. The second-order valence-corrected chi connectivity index (χ2v) is 7.46. The maximum absolute atomic E-state index is 13.2. The zero-order chi connectivity index (χ0) is 18.3. The van der Waals surface area contributed by atoms with Crippen LogP contribution in [0, 0.1) is 23.1 Å². The number of carbonyl (C=O) groups is 2. The minimum absolute atomic E-state index is 0.124. The number of allylic oxidation sites excluding steroid dienone is 2. The molecule has 2 fully saturated rings. The van der Waals surface area contributed by atoms with Crippen LogP contribution in [-0.2, 0) is 9.59 Å². The monoisotopic (exact) mass is 356 g/mol. The lowest BCUT2D eigenvalue weighted by molar-refractivity contribution is -0.128. The van der Waals surface area contributed by atoms with Gasteiger partial charge in [0.2, 0.25) is 5.91 Å². The first-order valence-corrected chi connectivity index (χ1v) is 8.94. The van der Waals surface area contributed by atoms with E-state index in [0.717, 1.165) is 31.4 Å². The average molecular weight is 356 g/mol. The minimum Gasteiger partial charge on any atom is -0.312 e. The highest BCUT2D eigenvalue weighted by molar-refractivity contribution is 6.00. The van der Waals surface area contributed by atoms with Crippen molar-refractivity contribution in [1.82, 2.24) is 5.48 Å². The van der Waals surface area contributed by atoms with Crippen LogP contribution >= 0.6 is 0 Å². The molecule has 2 aliphatic carbocycles. The molecule has 0 bridgehead atoms. The summed E-state index contributed by atoms with van der Waals surface area (Å²) in [5, 5.41) is 8.79. The Morgan fingerprint density at radius 3 is 2.73 bits per heavy atom. The molecule has 1 saturated heterocycles. The summed E-state index contributed by atoms with van der Waals surface area (Å²) in [6.07, 6.45) is 8.79. The molecule has 0 radical (unpaired) electrons. The van der Waals surface area contributed by atoms with Crippen LogP contribution in [0.3, 0.4) is 0 Å². The fraction of sp³-hybridized carbons (Fsp3) is 0.400. The molecule has 26 heavy (non-hydrogen) atoms. The number of hydroxylamine groups is 1. The van der Waals surface area contributed by atoms with Crippen molar-refractivity contribution in [3.05, 3.63) is 53.9 Å². The van der Waals surface area contributed by atoms with Crippen molar-refractivity contribution in [2.45, 2.75) is 25.7 Å². The van der Waals surface area contributed by atoms with Crippen molar-refractivity contribution in [3.63, 3.8) is 0 Å². The number of halogens is 1. The van der Waals surface area contributed by atoms with E-state index in [1.54, 1.807) is 28.6 Å². The summed E-state index contributed by atoms with van der Waals surface area (Å²) in [5.74, 6) is -0.252. The summed E-state index contributed by atoms with van der Waals surface area (Å²) in [6.45, 7) is 0.652. The van der Waals surface area contributed by atoms with Gasteiger partial charge in [-0.2, -0.15) is 0 Å². The normalized spacial score (nSPS) is 30.3. The number of carbonyl (C=O) groups excluding carboxylic acids is 2. The maximum atomic E-state index is 13.2. The number of nitrogens with zero attached hydrogens (tertiary/aromatic N) is 1. The van der Waals surface area contributed by atoms with Crippen LogP contribution in [0.15, 0.2) is 48.1 Å². The summed E-state index contributed by atoms with van der Waals surface area (Å²) < 4.78 is 13.2. The maximum Gasteiger partial charge on any atom is 0.274 e. The first kappa shape index (κ1) is 17.0. The molecule has 6 heteroatoms. The van der Waals surface area contributed by atoms with Gasteiger partial charge in [-0.25, -0.2) is 9.87 Å². The van der Waals surface area contributed by atoms with Crippen LogP contribution in [0.2, 0.25) is 0 Å². The van der Waals surface area contributed by atoms with Gasteiger partial charge in [0.1, 0.15) is 5.82 Å². The topological polar surface area (TPSA) is 69.6 Å². The Balaban J connectivity index is 1.51. The smallest absolute Gasteiger partial charge is 0.274 e. The SMILES string of the molecule is O=C(NO)C1=CC2CC[C@]3(CCN(c4ccc(F)cc4)C3=O)CC2C=C1. The molecule has 1 spiro atoms. The van der Waals surface area contributed by atoms with Gasteiger partial charge in [0.05, 0.1) is 5.41 Å². The third-order valence-electron chi connectivity index (χ3n) is 6.06. The molecule has 2 N–H and O–H groups in total. The van der Waals surface area contributed by atoms with Crippen LogP contribution in [0.5, 0.6) is 0 Å². The number of hydrogen-bond donors (Lipinski definition) is 2. The van der Waals surface area contributed by atoms with E-state index in [2.05, 4.69) is 0 Å². The van der Waals surface area contributed by atoms with Gasteiger partial charge in [-0.15, -0.1) is 0 Å². The third kappa shape index (κ3) is 2.74. The summed E-state index contributed by atoms with van der Waals surface area (Å²) in [7, 11) is 0. The van der Waals surface area contributed by atoms with Gasteiger partial charge in [-0.1, -0.05) is 18.2 Å². The van der Waals surface area contributed by atoms with Crippen LogP contribution in [0.25, 0.3) is 0 Å². The molecule has 1 aliphatic heterocycles. The van der Waals surface area contributed by atoms with Crippen molar-refractivity contribution in [1.29, 1.82) is 0 Å². The van der Waals surface area contributed by atoms with Crippen LogP contribution in [0.4, 0.5) is 10.1 Å². The van der Waals surface area contributed by atoms with E-state index < -0.39 is 5.91 Å². The lowest BCUT2D eigenvalue weighted by atomic mass is 9.63. The fourth-order valence-corrected chi connectivity index (χ4v) is 4.62. The first-order chi connectivity index (χ1) is 12.5. The Labute approximate surface area is 151 Å². The predicted octanol–water partition coefficient (Wildman–Crippen LogP) is 2.97. The molecule has 2 unspecified atom stereocenters. The highest BCUT2D eigenvalue weighted by atomic mass is 19.1. The molecule has 1 aromatic rings. The van der Waals surface area contributed by atoms with Crippen molar-refractivity contribution in [3.8, 4) is 0 Å². The highest BCUT2D eigenvalue weighted by Gasteiger charge is 2.51. The number of amides is 2. The molecule has 1 aromatic carbocycles. The lowest BCUT2D eigenvalue weighted by Gasteiger charge is -2.40. The van der Waals surface area contributed by atoms with Crippen molar-refractivity contribution < 1.29 is 19.2 Å². The molecule has 3 atom stereocenters. The molecule has 3 aliphatic rings. The molecule has 2 amide bonds. The van der Waals surface area contributed by atoms with E-state index in [1.165, 1.54) is 12.1 Å². The molecule has 4 rings (SSSR count). The average Bonchev–Trinajstić information content (AvgIpc) is 2.97. The number of benzene rings is 1. The number of rotatable bonds is 2. The summed E-state index contributed by atoms with van der Waals surface area (Å²) >= 11 is 0. The zero-order valence-electron chi connectivity index (χ0n) is 14.3. The Morgan fingerprint density at radius 2 is 2.00 bits per heavy atom. The largest absolute Gasteiger partial charge is 0.312 e. The second kappa shape index (κ2) is 6.36. The van der Waals surface area contributed by atoms with Gasteiger partial charge in [0, 0.05) is 17.8 Å². The predicted molar refractivity (Wildman–Crippen MR) is 93.8 cm³/mol. The second-order valence-electron chi connectivity index (χ2n) is 7.46. The van der Waals surface area contributed by atoms with E-state index in [4.69, 9.17) is 5.21 Å². The molecule has 5 nitrogen and oxygen atoms in total. The van der Waals surface area contributed by atoms with Crippen molar-refractivity contribution in [2.24, 2.45) is 17.3 Å². The Bertz CT molecular complexity index is 802. The van der Waals surface area contributed by atoms with Crippen molar-refractivity contribution >= 4 is 17.5 Å². The minimum atomic E-state index is -0.501. The first-order valence-electron chi connectivity index (χ1n) is 8.94. The number of nitrogens with one attached hydrogen (secondary N) is 1. The summed E-state index contributed by atoms with van der Waals surface area (Å²) in [4.78, 5) is 26.5. The standard InChI is InChI=1S/C20H21FN2O3/c21-16-3-5-17(6-4-16)23-10-9-20(19(23)25)8-7-13-11-14(18(24)22-26)1-2-15(13)12-20/h1-6,11,13,15,26H,7-10,12H2,(H,22,24)/t13?,15?,20-/m0/s1. The molecule has 0 aromatic heterocycles. The molecular formula is C20H21FN2O3. The van der Waals surface area contributed by atoms with Crippen LogP contribution in [-0.4, -0.2) is 23.6 Å². The number of fused-ring (bicyclic) bond motifs is 1. The van der Waals surface area contributed by atoms with E-state index >= 15 is 0 Å². The molecule has 1 heterocycles. The number of anilines is 1. The van der Waals surface area contributed by atoms with E-state index in [1.807, 2.05) is 12.2 Å². The van der Waals surface area contributed by atoms with Gasteiger partial charge >= 0.3 is 0 Å². The van der Waals surface area contributed by atoms with Crippen LogP contribution in [0.1, 0.15) is 25.7 Å². The van der Waals surface area contributed by atoms with Crippen molar-refractivity contribution in [2.75, 3.05) is 11.4 Å². The van der Waals surface area contributed by atoms with Gasteiger partial charge in [-0.05, 0) is 61.8 Å². The van der Waals surface area contributed by atoms with Gasteiger partial charge < -0.3 is 4.90 Å². The summed E-state index contributed by atoms with van der Waals surface area (Å²) in [5.41, 5.74) is 2.51. The Hall–Kier alpha value is -2.47. The Morgan fingerprint density at radius 1 is 1.23 bits per heavy atom. The zero-order valence-corrected chi connectivity index (χ0v) is 14.3. The van der Waals surface area contributed by atoms with Gasteiger partial charge in [0.15, 0.2) is 0 Å². The van der Waals surface area contributed by atoms with Gasteiger partial charge in [0.25, 0.3) is 5.91 Å². The van der Waals surface area contributed by atoms with E-state index in [9.17, 15) is 14.0 Å². The lowest BCUT2D eigenvalue weighted by Crippen LogP contribution is -2.41. The summed E-state index contributed by atoms with van der Waals surface area (Å²) in [6, 6.07) is 6.07. The van der Waals surface area contributed by atoms with E-state index in [0.29, 0.717) is 12.1 Å². The highest BCUT2D eigenvalue weighted by Crippen LogP contribution is 2.51. The van der Waals surface area contributed by atoms with E-state index in [-0.39, 0.29) is 29.0 Å². The Kier molecular flexibility index (Phi) is 4.15. The number of hydrogen-bond acceptors (Lipinski definition) is 3. The molecule has 136 valence electrons. The fourth-order valence-electron chi connectivity index (χ4n) is 4.62. The van der Waals surface area contributed by atoms with Gasteiger partial charge in [-0.3, -0.25) is 14.8 Å². The quantitative estimate of drug-likeness (QED) is 0.632. The van der Waals surface area contributed by atoms with Crippen LogP contribution < -0.4 is 10.4 Å².